The Balaban J connectivity index is 3.10. The molecule has 1 rings (SSSR count). The van der Waals surface area contributed by atoms with Gasteiger partial charge in [0.1, 0.15) is 10.7 Å². The second kappa shape index (κ2) is 4.14. The standard InChI is InChI=1S/C11H16FNO2S/c1-11(2,13)7-8-4-5-10(9(12)6-8)16(3,14)15/h4-6H,7,13H2,1-3H3. The third-order valence-electron chi connectivity index (χ3n) is 2.06. The lowest BCUT2D eigenvalue weighted by molar-refractivity contribution is 0.512. The second-order valence-corrected chi connectivity index (χ2v) is 6.69. The molecule has 0 aliphatic rings. The van der Waals surface area contributed by atoms with Crippen LogP contribution in [0.2, 0.25) is 0 Å². The van der Waals surface area contributed by atoms with E-state index in [1.54, 1.807) is 6.07 Å². The van der Waals surface area contributed by atoms with E-state index in [1.807, 2.05) is 13.8 Å². The summed E-state index contributed by atoms with van der Waals surface area (Å²) >= 11 is 0. The normalized spacial score (nSPS) is 12.8. The summed E-state index contributed by atoms with van der Waals surface area (Å²) in [5, 5.41) is 0. The molecule has 0 aliphatic heterocycles. The first kappa shape index (κ1) is 13.1. The lowest BCUT2D eigenvalue weighted by Crippen LogP contribution is -2.34. The largest absolute Gasteiger partial charge is 0.325 e. The summed E-state index contributed by atoms with van der Waals surface area (Å²) in [7, 11) is -3.50. The van der Waals surface area contributed by atoms with Crippen molar-refractivity contribution in [2.24, 2.45) is 5.73 Å². The summed E-state index contributed by atoms with van der Waals surface area (Å²) in [6.45, 7) is 3.66. The lowest BCUT2D eigenvalue weighted by atomic mass is 9.96. The van der Waals surface area contributed by atoms with E-state index in [1.165, 1.54) is 12.1 Å². The number of halogens is 1. The molecular formula is C11H16FNO2S. The molecule has 0 fully saturated rings. The zero-order valence-corrected chi connectivity index (χ0v) is 10.4. The van der Waals surface area contributed by atoms with Crippen LogP contribution < -0.4 is 5.73 Å². The SMILES string of the molecule is CC(C)(N)Cc1ccc(S(C)(=O)=O)c(F)c1. The maximum atomic E-state index is 13.5. The average molecular weight is 245 g/mol. The summed E-state index contributed by atoms with van der Waals surface area (Å²) in [5.41, 5.74) is 6.05. The second-order valence-electron chi connectivity index (χ2n) is 4.70. The van der Waals surface area contributed by atoms with Crippen LogP contribution in [0.25, 0.3) is 0 Å². The average Bonchev–Trinajstić information content (AvgIpc) is 1.97. The molecule has 0 amide bonds. The predicted octanol–water partition coefficient (Wildman–Crippen LogP) is 1.51. The fourth-order valence-corrected chi connectivity index (χ4v) is 2.21. The Bertz CT molecular complexity index is 489. The summed E-state index contributed by atoms with van der Waals surface area (Å²) in [6.07, 6.45) is 1.48. The minimum Gasteiger partial charge on any atom is -0.325 e. The molecule has 0 atom stereocenters. The van der Waals surface area contributed by atoms with Gasteiger partial charge in [0.05, 0.1) is 0 Å². The van der Waals surface area contributed by atoms with Gasteiger partial charge in [0.2, 0.25) is 0 Å². The molecule has 0 heterocycles. The molecule has 1 aromatic carbocycles. The maximum absolute atomic E-state index is 13.5. The number of benzene rings is 1. The van der Waals surface area contributed by atoms with Crippen LogP contribution in [0.1, 0.15) is 19.4 Å². The summed E-state index contributed by atoms with van der Waals surface area (Å²) < 4.78 is 35.9. The van der Waals surface area contributed by atoms with Gasteiger partial charge in [0, 0.05) is 11.8 Å². The van der Waals surface area contributed by atoms with Crippen molar-refractivity contribution in [2.45, 2.75) is 30.7 Å². The van der Waals surface area contributed by atoms with Crippen molar-refractivity contribution in [1.82, 2.24) is 0 Å². The fraction of sp³-hybridized carbons (Fsp3) is 0.455. The number of sulfone groups is 1. The third-order valence-corrected chi connectivity index (χ3v) is 3.19. The Labute approximate surface area is 95.4 Å². The monoisotopic (exact) mass is 245 g/mol. The quantitative estimate of drug-likeness (QED) is 0.878. The Morgan fingerprint density at radius 1 is 1.38 bits per heavy atom. The van der Waals surface area contributed by atoms with Crippen LogP contribution in [0.5, 0.6) is 0 Å². The maximum Gasteiger partial charge on any atom is 0.178 e. The van der Waals surface area contributed by atoms with Crippen molar-refractivity contribution in [2.75, 3.05) is 6.26 Å². The summed E-state index contributed by atoms with van der Waals surface area (Å²) in [6, 6.07) is 4.10. The van der Waals surface area contributed by atoms with E-state index in [-0.39, 0.29) is 4.90 Å². The number of hydrogen-bond acceptors (Lipinski definition) is 3. The van der Waals surface area contributed by atoms with Gasteiger partial charge < -0.3 is 5.73 Å². The predicted molar refractivity (Wildman–Crippen MR) is 61.5 cm³/mol. The van der Waals surface area contributed by atoms with Crippen LogP contribution in [0, 0.1) is 5.82 Å². The van der Waals surface area contributed by atoms with Crippen molar-refractivity contribution in [3.8, 4) is 0 Å². The van der Waals surface area contributed by atoms with Crippen LogP contribution in [0.3, 0.4) is 0 Å². The fourth-order valence-electron chi connectivity index (χ4n) is 1.48. The zero-order chi connectivity index (χ0) is 12.6. The lowest BCUT2D eigenvalue weighted by Gasteiger charge is -2.18. The van der Waals surface area contributed by atoms with Gasteiger partial charge in [0.15, 0.2) is 9.84 Å². The van der Waals surface area contributed by atoms with E-state index in [0.29, 0.717) is 12.0 Å². The van der Waals surface area contributed by atoms with Crippen molar-refractivity contribution in [3.63, 3.8) is 0 Å². The van der Waals surface area contributed by atoms with Crippen molar-refractivity contribution >= 4 is 9.84 Å². The number of hydrogen-bond donors (Lipinski definition) is 1. The smallest absolute Gasteiger partial charge is 0.178 e. The van der Waals surface area contributed by atoms with Gasteiger partial charge in [-0.25, -0.2) is 12.8 Å². The molecule has 0 spiro atoms. The van der Waals surface area contributed by atoms with Crippen molar-refractivity contribution in [1.29, 1.82) is 0 Å². The Kier molecular flexibility index (Phi) is 3.40. The topological polar surface area (TPSA) is 60.2 Å². The van der Waals surface area contributed by atoms with Gasteiger partial charge in [-0.15, -0.1) is 0 Å². The van der Waals surface area contributed by atoms with Crippen LogP contribution >= 0.6 is 0 Å². The van der Waals surface area contributed by atoms with E-state index in [4.69, 9.17) is 5.73 Å². The molecule has 3 nitrogen and oxygen atoms in total. The first-order valence-corrected chi connectivity index (χ1v) is 6.76. The van der Waals surface area contributed by atoms with Gasteiger partial charge in [-0.05, 0) is 38.0 Å². The Hall–Kier alpha value is -0.940. The van der Waals surface area contributed by atoms with Gasteiger partial charge >= 0.3 is 0 Å². The molecule has 16 heavy (non-hydrogen) atoms. The number of rotatable bonds is 3. The zero-order valence-electron chi connectivity index (χ0n) is 9.62. The summed E-state index contributed by atoms with van der Waals surface area (Å²) in [5.74, 6) is -0.718. The van der Waals surface area contributed by atoms with E-state index in [2.05, 4.69) is 0 Å². The van der Waals surface area contributed by atoms with E-state index in [9.17, 15) is 12.8 Å². The van der Waals surface area contributed by atoms with Crippen LogP contribution in [-0.4, -0.2) is 20.2 Å². The molecule has 0 radical (unpaired) electrons. The molecule has 0 bridgehead atoms. The van der Waals surface area contributed by atoms with Crippen molar-refractivity contribution in [3.05, 3.63) is 29.6 Å². The number of nitrogens with two attached hydrogens (primary N) is 1. The highest BCUT2D eigenvalue weighted by atomic mass is 32.2. The first-order valence-electron chi connectivity index (χ1n) is 4.87. The van der Waals surface area contributed by atoms with Crippen LogP contribution in [-0.2, 0) is 16.3 Å². The van der Waals surface area contributed by atoms with Crippen LogP contribution in [0.15, 0.2) is 23.1 Å². The minimum absolute atomic E-state index is 0.272. The molecule has 90 valence electrons. The van der Waals surface area contributed by atoms with E-state index >= 15 is 0 Å². The first-order chi connectivity index (χ1) is 7.09. The molecule has 0 saturated heterocycles. The van der Waals surface area contributed by atoms with E-state index < -0.39 is 21.2 Å². The van der Waals surface area contributed by atoms with Gasteiger partial charge in [-0.2, -0.15) is 0 Å². The van der Waals surface area contributed by atoms with Crippen molar-refractivity contribution < 1.29 is 12.8 Å². The van der Waals surface area contributed by atoms with Gasteiger partial charge in [0.25, 0.3) is 0 Å². The molecule has 2 N–H and O–H groups in total. The molecule has 0 saturated carbocycles. The Morgan fingerprint density at radius 2 is 1.94 bits per heavy atom. The molecule has 1 aromatic rings. The highest BCUT2D eigenvalue weighted by molar-refractivity contribution is 7.90. The minimum atomic E-state index is -3.50. The summed E-state index contributed by atoms with van der Waals surface area (Å²) in [4.78, 5) is -0.272. The van der Waals surface area contributed by atoms with Crippen LogP contribution in [0.4, 0.5) is 4.39 Å². The third kappa shape index (κ3) is 3.57. The highest BCUT2D eigenvalue weighted by Gasteiger charge is 2.16. The molecule has 5 heteroatoms. The van der Waals surface area contributed by atoms with E-state index in [0.717, 1.165) is 6.26 Å². The van der Waals surface area contributed by atoms with Gasteiger partial charge in [-0.1, -0.05) is 6.07 Å². The van der Waals surface area contributed by atoms with Gasteiger partial charge in [-0.3, -0.25) is 0 Å². The molecule has 0 unspecified atom stereocenters. The molecular weight excluding hydrogens is 229 g/mol. The molecule has 0 aliphatic carbocycles. The Morgan fingerprint density at radius 3 is 2.31 bits per heavy atom. The molecule has 0 aromatic heterocycles. The highest BCUT2D eigenvalue weighted by Crippen LogP contribution is 2.18.